The predicted molar refractivity (Wildman–Crippen MR) is 82.4 cm³/mol. The Morgan fingerprint density at radius 3 is 1.37 bits per heavy atom. The number of hydrogen-bond acceptors (Lipinski definition) is 4. The zero-order chi connectivity index (χ0) is 14.3. The zero-order valence-electron chi connectivity index (χ0n) is 13.1. The monoisotopic (exact) mass is 266 g/mol. The molecule has 1 aliphatic heterocycles. The molecule has 0 aromatic heterocycles. The maximum atomic E-state index is 5.58. The van der Waals surface area contributed by atoms with Crippen molar-refractivity contribution >= 4 is 0 Å². The molecule has 1 aliphatic rings. The molecule has 0 saturated carbocycles. The van der Waals surface area contributed by atoms with E-state index in [0.29, 0.717) is 0 Å². The van der Waals surface area contributed by atoms with E-state index in [0.717, 1.165) is 52.4 Å². The minimum atomic E-state index is 0.229. The molecule has 4 heteroatoms. The molecule has 4 nitrogen and oxygen atoms in total. The summed E-state index contributed by atoms with van der Waals surface area (Å²) in [6.45, 7) is 10.9. The maximum absolute atomic E-state index is 5.58. The van der Waals surface area contributed by atoms with E-state index >= 15 is 0 Å². The number of likely N-dealkylation sites (N-methyl/N-ethyl adjacent to an activating group) is 3. The summed E-state index contributed by atoms with van der Waals surface area (Å²) >= 11 is 0. The summed E-state index contributed by atoms with van der Waals surface area (Å²) in [6.07, 6.45) is 5.58. The van der Waals surface area contributed by atoms with E-state index in [1.165, 1.54) is 0 Å². The van der Waals surface area contributed by atoms with Crippen LogP contribution in [-0.2, 0) is 0 Å². The fraction of sp³-hybridized carbons (Fsp3) is 0.867. The predicted octanol–water partition coefficient (Wildman–Crippen LogP) is 0.119. The van der Waals surface area contributed by atoms with E-state index < -0.39 is 0 Å². The van der Waals surface area contributed by atoms with Gasteiger partial charge in [0.05, 0.1) is 6.04 Å². The molecule has 0 aromatic carbocycles. The molecule has 1 fully saturated rings. The second-order valence-electron chi connectivity index (χ2n) is 5.79. The van der Waals surface area contributed by atoms with Crippen LogP contribution in [0.25, 0.3) is 0 Å². The van der Waals surface area contributed by atoms with E-state index in [-0.39, 0.29) is 6.04 Å². The number of terminal acetylenes is 1. The smallest absolute Gasteiger partial charge is 0.0684 e. The minimum Gasteiger partial charge on any atom is -0.304 e. The van der Waals surface area contributed by atoms with Gasteiger partial charge < -0.3 is 14.7 Å². The van der Waals surface area contributed by atoms with Gasteiger partial charge in [0.15, 0.2) is 0 Å². The fourth-order valence-corrected chi connectivity index (χ4v) is 2.22. The Balaban J connectivity index is 2.57. The first kappa shape index (κ1) is 16.5. The molecule has 0 aromatic rings. The van der Waals surface area contributed by atoms with Crippen molar-refractivity contribution in [3.63, 3.8) is 0 Å². The summed E-state index contributed by atoms with van der Waals surface area (Å²) in [5.41, 5.74) is 0. The molecule has 1 heterocycles. The Morgan fingerprint density at radius 2 is 1.05 bits per heavy atom. The van der Waals surface area contributed by atoms with E-state index in [1.807, 2.05) is 0 Å². The Labute approximate surface area is 119 Å². The van der Waals surface area contributed by atoms with Crippen LogP contribution in [0.4, 0.5) is 0 Å². The van der Waals surface area contributed by atoms with Gasteiger partial charge in [0.2, 0.25) is 0 Å². The molecule has 0 N–H and O–H groups in total. The van der Waals surface area contributed by atoms with E-state index in [2.05, 4.69) is 53.6 Å². The Bertz CT molecular complexity index is 268. The summed E-state index contributed by atoms with van der Waals surface area (Å²) in [4.78, 5) is 9.63. The van der Waals surface area contributed by atoms with Gasteiger partial charge in [0.25, 0.3) is 0 Å². The van der Waals surface area contributed by atoms with Gasteiger partial charge in [-0.15, -0.1) is 6.42 Å². The van der Waals surface area contributed by atoms with Crippen molar-refractivity contribution < 1.29 is 0 Å². The lowest BCUT2D eigenvalue weighted by Crippen LogP contribution is -2.45. The highest BCUT2D eigenvalue weighted by atomic mass is 15.2. The molecule has 0 bridgehead atoms. The average molecular weight is 266 g/mol. The van der Waals surface area contributed by atoms with Gasteiger partial charge in [-0.2, -0.15) is 0 Å². The average Bonchev–Trinajstić information content (AvgIpc) is 2.40. The molecule has 1 rings (SSSR count). The second-order valence-corrected chi connectivity index (χ2v) is 5.79. The molecule has 110 valence electrons. The third-order valence-corrected chi connectivity index (χ3v) is 4.05. The summed E-state index contributed by atoms with van der Waals surface area (Å²) < 4.78 is 0. The lowest BCUT2D eigenvalue weighted by atomic mass is 10.2. The van der Waals surface area contributed by atoms with Crippen LogP contribution in [0.3, 0.4) is 0 Å². The summed E-state index contributed by atoms with van der Waals surface area (Å²) in [6, 6.07) is 0.229. The summed E-state index contributed by atoms with van der Waals surface area (Å²) in [7, 11) is 6.61. The van der Waals surface area contributed by atoms with Crippen LogP contribution in [0, 0.1) is 12.3 Å². The SMILES string of the molecule is C#CC(C)N1CCN(C)CCN(C)CCN(C)CC1. The van der Waals surface area contributed by atoms with Crippen molar-refractivity contribution in [3.05, 3.63) is 0 Å². The Kier molecular flexibility index (Phi) is 7.40. The third kappa shape index (κ3) is 6.40. The molecule has 1 saturated heterocycles. The first-order valence-corrected chi connectivity index (χ1v) is 7.28. The lowest BCUT2D eigenvalue weighted by molar-refractivity contribution is 0.156. The van der Waals surface area contributed by atoms with Crippen molar-refractivity contribution in [1.29, 1.82) is 0 Å². The van der Waals surface area contributed by atoms with Crippen molar-refractivity contribution in [2.24, 2.45) is 0 Å². The highest BCUT2D eigenvalue weighted by molar-refractivity contribution is 4.97. The van der Waals surface area contributed by atoms with Gasteiger partial charge in [0.1, 0.15) is 0 Å². The molecule has 0 spiro atoms. The molecule has 0 aliphatic carbocycles. The minimum absolute atomic E-state index is 0.229. The highest BCUT2D eigenvalue weighted by Crippen LogP contribution is 2.01. The molecule has 1 atom stereocenters. The third-order valence-electron chi connectivity index (χ3n) is 4.05. The maximum Gasteiger partial charge on any atom is 0.0684 e. The van der Waals surface area contributed by atoms with E-state index in [4.69, 9.17) is 6.42 Å². The summed E-state index contributed by atoms with van der Waals surface area (Å²) in [5.74, 6) is 2.86. The van der Waals surface area contributed by atoms with Gasteiger partial charge in [0, 0.05) is 52.4 Å². The Hall–Kier alpha value is -0.600. The van der Waals surface area contributed by atoms with Crippen LogP contribution < -0.4 is 0 Å². The van der Waals surface area contributed by atoms with Crippen molar-refractivity contribution in [2.75, 3.05) is 73.5 Å². The van der Waals surface area contributed by atoms with Gasteiger partial charge in [-0.05, 0) is 28.1 Å². The zero-order valence-corrected chi connectivity index (χ0v) is 13.1. The molecular weight excluding hydrogens is 236 g/mol. The fourth-order valence-electron chi connectivity index (χ4n) is 2.22. The largest absolute Gasteiger partial charge is 0.304 e. The van der Waals surface area contributed by atoms with E-state index in [1.54, 1.807) is 0 Å². The molecule has 0 radical (unpaired) electrons. The lowest BCUT2D eigenvalue weighted by Gasteiger charge is -2.32. The van der Waals surface area contributed by atoms with Crippen LogP contribution in [-0.4, -0.2) is 99.1 Å². The highest BCUT2D eigenvalue weighted by Gasteiger charge is 2.14. The van der Waals surface area contributed by atoms with Gasteiger partial charge in [-0.25, -0.2) is 0 Å². The second kappa shape index (κ2) is 8.55. The summed E-state index contributed by atoms with van der Waals surface area (Å²) in [5, 5.41) is 0. The Morgan fingerprint density at radius 1 is 0.737 bits per heavy atom. The van der Waals surface area contributed by atoms with Crippen LogP contribution >= 0.6 is 0 Å². The first-order valence-electron chi connectivity index (χ1n) is 7.28. The molecule has 1 unspecified atom stereocenters. The molecule has 0 amide bonds. The van der Waals surface area contributed by atoms with Crippen molar-refractivity contribution in [2.45, 2.75) is 13.0 Å². The standard InChI is InChI=1S/C15H30N4/c1-6-15(2)19-13-11-17(4)9-7-16(3)8-10-18(5)12-14-19/h1,15H,7-14H2,2-5H3. The van der Waals surface area contributed by atoms with Crippen LogP contribution in [0.1, 0.15) is 6.92 Å². The van der Waals surface area contributed by atoms with Gasteiger partial charge in [-0.3, -0.25) is 4.90 Å². The van der Waals surface area contributed by atoms with E-state index in [9.17, 15) is 0 Å². The first-order chi connectivity index (χ1) is 9.02. The quantitative estimate of drug-likeness (QED) is 0.625. The number of nitrogens with zero attached hydrogens (tertiary/aromatic N) is 4. The number of hydrogen-bond donors (Lipinski definition) is 0. The van der Waals surface area contributed by atoms with Crippen molar-refractivity contribution in [1.82, 2.24) is 19.6 Å². The van der Waals surface area contributed by atoms with Gasteiger partial charge >= 0.3 is 0 Å². The van der Waals surface area contributed by atoms with Crippen molar-refractivity contribution in [3.8, 4) is 12.3 Å². The van der Waals surface area contributed by atoms with Crippen LogP contribution in [0.5, 0.6) is 0 Å². The molecular formula is C15H30N4. The normalized spacial score (nSPS) is 25.2. The molecule has 19 heavy (non-hydrogen) atoms. The van der Waals surface area contributed by atoms with Crippen LogP contribution in [0.2, 0.25) is 0 Å². The van der Waals surface area contributed by atoms with Crippen LogP contribution in [0.15, 0.2) is 0 Å². The number of rotatable bonds is 1. The topological polar surface area (TPSA) is 13.0 Å². The van der Waals surface area contributed by atoms with Gasteiger partial charge in [-0.1, -0.05) is 5.92 Å².